The fraction of sp³-hybridized carbons (Fsp3) is 0.545. The summed E-state index contributed by atoms with van der Waals surface area (Å²) in [5, 5.41) is 0.581. The van der Waals surface area contributed by atoms with Gasteiger partial charge in [-0.25, -0.2) is 0 Å². The number of benzene rings is 1. The number of carbonyl (C=O) groups is 1. The Balaban J connectivity index is 1.81. The largest absolute Gasteiger partial charge is 0.360 e. The van der Waals surface area contributed by atoms with Gasteiger partial charge in [0.05, 0.1) is 0 Å². The highest BCUT2D eigenvalue weighted by molar-refractivity contribution is 5.97. The number of pyridine rings is 1. The van der Waals surface area contributed by atoms with Gasteiger partial charge in [0.25, 0.3) is 5.91 Å². The van der Waals surface area contributed by atoms with Crippen LogP contribution in [0.4, 0.5) is 0 Å². The standard InChI is InChI=1S/C22H31N3O2/c1-16(2)25(13-12-24-10-6-4-5-7-11-24)22(27)19-15-23-20-9-8-17(3)14-18(20)21(19)26/h8-9,14-16H,4-7,10-13H2,1-3H3,(H,23,26). The van der Waals surface area contributed by atoms with Gasteiger partial charge in [0.2, 0.25) is 5.43 Å². The molecule has 1 N–H and O–H groups in total. The number of nitrogens with one attached hydrogen (secondary N) is 1. The zero-order chi connectivity index (χ0) is 19.4. The van der Waals surface area contributed by atoms with Crippen LogP contribution in [0.5, 0.6) is 0 Å². The summed E-state index contributed by atoms with van der Waals surface area (Å²) in [6.45, 7) is 9.72. The molecule has 0 unspecified atom stereocenters. The van der Waals surface area contributed by atoms with Crippen LogP contribution in [0.1, 0.15) is 55.5 Å². The Hall–Kier alpha value is -2.14. The summed E-state index contributed by atoms with van der Waals surface area (Å²) in [5.41, 5.74) is 1.83. The Bertz CT molecular complexity index is 848. The van der Waals surface area contributed by atoms with E-state index in [-0.39, 0.29) is 22.9 Å². The second kappa shape index (κ2) is 8.70. The number of H-pyrrole nitrogens is 1. The molecule has 1 aliphatic heterocycles. The zero-order valence-corrected chi connectivity index (χ0v) is 16.8. The molecule has 0 spiro atoms. The molecule has 0 aliphatic carbocycles. The summed E-state index contributed by atoms with van der Waals surface area (Å²) in [7, 11) is 0. The minimum absolute atomic E-state index is 0.0529. The van der Waals surface area contributed by atoms with E-state index in [1.807, 2.05) is 43.9 Å². The van der Waals surface area contributed by atoms with Crippen LogP contribution in [0.25, 0.3) is 10.9 Å². The van der Waals surface area contributed by atoms with Crippen molar-refractivity contribution in [1.82, 2.24) is 14.8 Å². The molecule has 5 heteroatoms. The molecular weight excluding hydrogens is 338 g/mol. The highest BCUT2D eigenvalue weighted by Crippen LogP contribution is 2.14. The third-order valence-electron chi connectivity index (χ3n) is 5.51. The first kappa shape index (κ1) is 19.6. The number of carbonyl (C=O) groups excluding carboxylic acids is 1. The number of aromatic nitrogens is 1. The van der Waals surface area contributed by atoms with Gasteiger partial charge in [-0.3, -0.25) is 9.59 Å². The average Bonchev–Trinajstić information content (AvgIpc) is 2.91. The molecule has 2 aromatic rings. The third kappa shape index (κ3) is 4.59. The van der Waals surface area contributed by atoms with Gasteiger partial charge in [0, 0.05) is 36.2 Å². The third-order valence-corrected chi connectivity index (χ3v) is 5.51. The second-order valence-corrected chi connectivity index (χ2v) is 7.93. The Morgan fingerprint density at radius 3 is 2.56 bits per heavy atom. The summed E-state index contributed by atoms with van der Waals surface area (Å²) < 4.78 is 0. The van der Waals surface area contributed by atoms with E-state index in [1.54, 1.807) is 6.20 Å². The average molecular weight is 370 g/mol. The van der Waals surface area contributed by atoms with Gasteiger partial charge in [-0.1, -0.05) is 24.5 Å². The Morgan fingerprint density at radius 1 is 1.19 bits per heavy atom. The Morgan fingerprint density at radius 2 is 1.89 bits per heavy atom. The van der Waals surface area contributed by atoms with Crippen molar-refractivity contribution in [3.05, 3.63) is 45.7 Å². The van der Waals surface area contributed by atoms with E-state index in [4.69, 9.17) is 0 Å². The van der Waals surface area contributed by atoms with Crippen molar-refractivity contribution in [3.63, 3.8) is 0 Å². The molecule has 3 rings (SSSR count). The quantitative estimate of drug-likeness (QED) is 0.877. The maximum absolute atomic E-state index is 13.2. The van der Waals surface area contributed by atoms with Crippen molar-refractivity contribution < 1.29 is 4.79 Å². The first-order valence-corrected chi connectivity index (χ1v) is 10.1. The first-order chi connectivity index (χ1) is 13.0. The fourth-order valence-electron chi connectivity index (χ4n) is 3.85. The van der Waals surface area contributed by atoms with E-state index in [9.17, 15) is 9.59 Å². The van der Waals surface area contributed by atoms with Gasteiger partial charge < -0.3 is 14.8 Å². The molecule has 146 valence electrons. The van der Waals surface area contributed by atoms with Crippen LogP contribution >= 0.6 is 0 Å². The molecule has 1 saturated heterocycles. The number of rotatable bonds is 5. The molecule has 0 saturated carbocycles. The number of aryl methyl sites for hydroxylation is 1. The molecule has 1 aromatic heterocycles. The lowest BCUT2D eigenvalue weighted by atomic mass is 10.1. The van der Waals surface area contributed by atoms with Crippen LogP contribution in [0.3, 0.4) is 0 Å². The van der Waals surface area contributed by atoms with Crippen molar-refractivity contribution >= 4 is 16.8 Å². The predicted molar refractivity (Wildman–Crippen MR) is 110 cm³/mol. The molecule has 2 heterocycles. The summed E-state index contributed by atoms with van der Waals surface area (Å²) in [6.07, 6.45) is 6.65. The van der Waals surface area contributed by atoms with Crippen molar-refractivity contribution in [2.75, 3.05) is 26.2 Å². The van der Waals surface area contributed by atoms with Gasteiger partial charge >= 0.3 is 0 Å². The zero-order valence-electron chi connectivity index (χ0n) is 16.8. The van der Waals surface area contributed by atoms with Gasteiger partial charge in [-0.05, 0) is 58.8 Å². The van der Waals surface area contributed by atoms with Crippen molar-refractivity contribution in [2.24, 2.45) is 0 Å². The van der Waals surface area contributed by atoms with Crippen molar-refractivity contribution in [2.45, 2.75) is 52.5 Å². The maximum atomic E-state index is 13.2. The van der Waals surface area contributed by atoms with Gasteiger partial charge in [0.15, 0.2) is 0 Å². The summed E-state index contributed by atoms with van der Waals surface area (Å²) in [4.78, 5) is 33.5. The number of fused-ring (bicyclic) bond motifs is 1. The number of nitrogens with zero attached hydrogens (tertiary/aromatic N) is 2. The van der Waals surface area contributed by atoms with Gasteiger partial charge in [-0.2, -0.15) is 0 Å². The molecule has 0 radical (unpaired) electrons. The van der Waals surface area contributed by atoms with Crippen molar-refractivity contribution in [1.29, 1.82) is 0 Å². The lowest BCUT2D eigenvalue weighted by Gasteiger charge is -2.30. The summed E-state index contributed by atoms with van der Waals surface area (Å²) in [5.74, 6) is -0.176. The van der Waals surface area contributed by atoms with E-state index in [1.165, 1.54) is 25.7 Å². The Kier molecular flexibility index (Phi) is 6.32. The number of hydrogen-bond donors (Lipinski definition) is 1. The first-order valence-electron chi connectivity index (χ1n) is 10.1. The van der Waals surface area contributed by atoms with Crippen LogP contribution in [0.2, 0.25) is 0 Å². The maximum Gasteiger partial charge on any atom is 0.259 e. The minimum Gasteiger partial charge on any atom is -0.360 e. The molecule has 0 atom stereocenters. The molecule has 27 heavy (non-hydrogen) atoms. The number of likely N-dealkylation sites (tertiary alicyclic amines) is 1. The lowest BCUT2D eigenvalue weighted by molar-refractivity contribution is 0.0680. The smallest absolute Gasteiger partial charge is 0.259 e. The molecular formula is C22H31N3O2. The highest BCUT2D eigenvalue weighted by Gasteiger charge is 2.23. The van der Waals surface area contributed by atoms with E-state index >= 15 is 0 Å². The SMILES string of the molecule is Cc1ccc2[nH]cc(C(=O)N(CCN3CCCCCC3)C(C)C)c(=O)c2c1. The Labute approximate surface area is 161 Å². The van der Waals surface area contributed by atoms with E-state index < -0.39 is 0 Å². The topological polar surface area (TPSA) is 56.4 Å². The highest BCUT2D eigenvalue weighted by atomic mass is 16.2. The molecule has 1 aromatic carbocycles. The van der Waals surface area contributed by atoms with E-state index in [2.05, 4.69) is 9.88 Å². The van der Waals surface area contributed by atoms with Crippen molar-refractivity contribution in [3.8, 4) is 0 Å². The summed E-state index contributed by atoms with van der Waals surface area (Å²) in [6, 6.07) is 5.75. The summed E-state index contributed by atoms with van der Waals surface area (Å²) >= 11 is 0. The molecule has 5 nitrogen and oxygen atoms in total. The van der Waals surface area contributed by atoms with Crippen LogP contribution in [-0.4, -0.2) is 52.9 Å². The van der Waals surface area contributed by atoms with Crippen LogP contribution in [0, 0.1) is 6.92 Å². The normalized spacial score (nSPS) is 15.9. The number of hydrogen-bond acceptors (Lipinski definition) is 3. The molecule has 1 aliphatic rings. The predicted octanol–water partition coefficient (Wildman–Crippen LogP) is 3.56. The monoisotopic (exact) mass is 369 g/mol. The van der Waals surface area contributed by atoms with Crippen LogP contribution in [-0.2, 0) is 0 Å². The number of amides is 1. The number of aromatic amines is 1. The van der Waals surface area contributed by atoms with Crippen LogP contribution < -0.4 is 5.43 Å². The second-order valence-electron chi connectivity index (χ2n) is 7.93. The van der Waals surface area contributed by atoms with E-state index in [0.717, 1.165) is 30.7 Å². The van der Waals surface area contributed by atoms with E-state index in [0.29, 0.717) is 11.9 Å². The minimum atomic E-state index is -0.183. The lowest BCUT2D eigenvalue weighted by Crippen LogP contribution is -2.44. The van der Waals surface area contributed by atoms with Gasteiger partial charge in [0.1, 0.15) is 5.56 Å². The molecule has 1 fully saturated rings. The van der Waals surface area contributed by atoms with Gasteiger partial charge in [-0.15, -0.1) is 0 Å². The molecule has 0 bridgehead atoms. The fourth-order valence-corrected chi connectivity index (χ4v) is 3.85. The van der Waals surface area contributed by atoms with Crippen LogP contribution in [0.15, 0.2) is 29.2 Å². The molecule has 1 amide bonds.